The zero-order valence-electron chi connectivity index (χ0n) is 20.5. The Kier molecular flexibility index (Phi) is 4.62. The lowest BCUT2D eigenvalue weighted by Gasteiger charge is -2.35. The average molecular weight is 486 g/mol. The summed E-state index contributed by atoms with van der Waals surface area (Å²) >= 11 is 0. The Morgan fingerprint density at radius 3 is 2.86 bits per heavy atom. The first-order chi connectivity index (χ1) is 17.1. The fraction of sp³-hybridized carbons (Fsp3) is 0.333. The number of carbonyl (C=O) groups excluding carboxylic acids is 2. The molecule has 0 bridgehead atoms. The van der Waals surface area contributed by atoms with Crippen molar-refractivity contribution in [1.29, 1.82) is 0 Å². The Morgan fingerprint density at radius 2 is 2.11 bits per heavy atom. The van der Waals surface area contributed by atoms with Crippen molar-refractivity contribution in [3.63, 3.8) is 0 Å². The van der Waals surface area contributed by atoms with Crippen LogP contribution in [0.25, 0.3) is 11.0 Å². The van der Waals surface area contributed by atoms with Crippen molar-refractivity contribution in [2.24, 2.45) is 12.8 Å². The molecule has 9 heteroatoms. The molecule has 1 aliphatic heterocycles. The van der Waals surface area contributed by atoms with E-state index in [2.05, 4.69) is 15.4 Å². The predicted molar refractivity (Wildman–Crippen MR) is 132 cm³/mol. The van der Waals surface area contributed by atoms with Crippen molar-refractivity contribution in [2.45, 2.75) is 50.5 Å². The molecule has 0 saturated heterocycles. The fourth-order valence-corrected chi connectivity index (χ4v) is 5.66. The van der Waals surface area contributed by atoms with Gasteiger partial charge in [0, 0.05) is 41.4 Å². The first-order valence-electron chi connectivity index (χ1n) is 12.0. The van der Waals surface area contributed by atoms with Gasteiger partial charge in [0.25, 0.3) is 11.7 Å². The summed E-state index contributed by atoms with van der Waals surface area (Å²) in [6.45, 7) is 5.92. The van der Waals surface area contributed by atoms with Gasteiger partial charge >= 0.3 is 0 Å². The van der Waals surface area contributed by atoms with Crippen molar-refractivity contribution in [3.05, 3.63) is 76.1 Å². The number of nitrogens with zero attached hydrogens (tertiary/aromatic N) is 3. The minimum atomic E-state index is -2.14. The lowest BCUT2D eigenvalue weighted by Crippen LogP contribution is -2.63. The van der Waals surface area contributed by atoms with Crippen LogP contribution in [0.3, 0.4) is 0 Å². The quantitative estimate of drug-likeness (QED) is 0.518. The van der Waals surface area contributed by atoms with Gasteiger partial charge in [-0.3, -0.25) is 14.3 Å². The van der Waals surface area contributed by atoms with Gasteiger partial charge in [-0.05, 0) is 37.0 Å². The second-order valence-electron chi connectivity index (χ2n) is 10.1. The van der Waals surface area contributed by atoms with E-state index in [1.807, 2.05) is 39.0 Å². The topological polar surface area (TPSA) is 132 Å². The van der Waals surface area contributed by atoms with Crippen LogP contribution in [0.2, 0.25) is 0 Å². The number of nitrogens with two attached hydrogens (primary N) is 1. The number of aryl methyl sites for hydroxylation is 2. The summed E-state index contributed by atoms with van der Waals surface area (Å²) in [5.41, 5.74) is 7.97. The molecule has 3 aromatic rings. The van der Waals surface area contributed by atoms with Crippen LogP contribution < -0.4 is 15.8 Å². The van der Waals surface area contributed by atoms with Crippen molar-refractivity contribution in [1.82, 2.24) is 20.1 Å². The Balaban J connectivity index is 1.51. The van der Waals surface area contributed by atoms with E-state index in [1.165, 1.54) is 6.20 Å². The molecule has 3 heterocycles. The van der Waals surface area contributed by atoms with Gasteiger partial charge in [-0.1, -0.05) is 38.1 Å². The molecular formula is C27H27N5O4. The molecule has 3 aliphatic rings. The van der Waals surface area contributed by atoms with Crippen LogP contribution in [0.1, 0.15) is 53.4 Å². The number of hydrogen-bond acceptors (Lipinski definition) is 7. The van der Waals surface area contributed by atoms with Gasteiger partial charge in [0.2, 0.25) is 5.54 Å². The maximum absolute atomic E-state index is 14.1. The number of hydrogen-bond donors (Lipinski definition) is 3. The van der Waals surface area contributed by atoms with E-state index in [9.17, 15) is 14.7 Å². The molecule has 1 amide bonds. The lowest BCUT2D eigenvalue weighted by molar-refractivity contribution is -0.154. The molecule has 0 spiro atoms. The Morgan fingerprint density at radius 1 is 1.33 bits per heavy atom. The van der Waals surface area contributed by atoms with Crippen molar-refractivity contribution < 1.29 is 19.4 Å². The van der Waals surface area contributed by atoms with Crippen LogP contribution in [0.4, 0.5) is 0 Å². The second-order valence-corrected chi connectivity index (χ2v) is 10.1. The molecule has 3 atom stereocenters. The number of aromatic nitrogens is 3. The highest BCUT2D eigenvalue weighted by atomic mass is 16.6. The van der Waals surface area contributed by atoms with E-state index < -0.39 is 29.1 Å². The first-order valence-corrected chi connectivity index (χ1v) is 12.0. The molecule has 1 aromatic carbocycles. The number of ether oxygens (including phenoxy) is 1. The Hall–Kier alpha value is -3.82. The minimum absolute atomic E-state index is 0.202. The molecule has 6 rings (SSSR count). The summed E-state index contributed by atoms with van der Waals surface area (Å²) < 4.78 is 7.80. The number of nitrogens with one attached hydrogen (secondary N) is 1. The molecule has 0 saturated carbocycles. The molecule has 2 aliphatic carbocycles. The number of amides is 1. The molecular weight excluding hydrogens is 458 g/mol. The van der Waals surface area contributed by atoms with E-state index >= 15 is 0 Å². The summed E-state index contributed by atoms with van der Waals surface area (Å²) in [5.74, 6) is -2.61. The molecule has 4 N–H and O–H groups in total. The van der Waals surface area contributed by atoms with Gasteiger partial charge in [0.1, 0.15) is 5.75 Å². The number of carbonyl (C=O) groups is 2. The smallest absolute Gasteiger partial charge is 0.270 e. The van der Waals surface area contributed by atoms with Crippen LogP contribution >= 0.6 is 0 Å². The zero-order valence-corrected chi connectivity index (χ0v) is 20.5. The maximum atomic E-state index is 14.1. The SMILES string of the molecule is Cc1nn(C)c2ncc(C(=O)NC34C(=O)C5=C(C=CCC5N)C3(O)Oc3cc(C(C)C)ccc34)cc12. The monoisotopic (exact) mass is 485 g/mol. The van der Waals surface area contributed by atoms with E-state index in [1.54, 1.807) is 29.9 Å². The summed E-state index contributed by atoms with van der Waals surface area (Å²) in [7, 11) is 1.78. The van der Waals surface area contributed by atoms with E-state index in [0.717, 1.165) is 16.6 Å². The Labute approximate surface area is 207 Å². The van der Waals surface area contributed by atoms with Crippen LogP contribution in [0, 0.1) is 6.92 Å². The highest BCUT2D eigenvalue weighted by Crippen LogP contribution is 2.57. The van der Waals surface area contributed by atoms with E-state index in [4.69, 9.17) is 10.5 Å². The highest BCUT2D eigenvalue weighted by Gasteiger charge is 2.72. The summed E-state index contributed by atoms with van der Waals surface area (Å²) in [4.78, 5) is 32.2. The third kappa shape index (κ3) is 2.72. The van der Waals surface area contributed by atoms with Gasteiger partial charge in [-0.15, -0.1) is 0 Å². The fourth-order valence-electron chi connectivity index (χ4n) is 5.66. The first kappa shape index (κ1) is 22.6. The molecule has 3 unspecified atom stereocenters. The second kappa shape index (κ2) is 7.35. The van der Waals surface area contributed by atoms with Gasteiger partial charge < -0.3 is 20.9 Å². The number of Topliss-reactive ketones (excluding diaryl/α,β-unsaturated/α-hetero) is 1. The summed E-state index contributed by atoms with van der Waals surface area (Å²) in [5, 5.41) is 20.0. The highest BCUT2D eigenvalue weighted by molar-refractivity contribution is 6.14. The van der Waals surface area contributed by atoms with Crippen LogP contribution in [0.15, 0.2) is 53.8 Å². The molecule has 184 valence electrons. The predicted octanol–water partition coefficient (Wildman–Crippen LogP) is 2.27. The van der Waals surface area contributed by atoms with Gasteiger partial charge in [-0.25, -0.2) is 4.98 Å². The normalized spacial score (nSPS) is 26.3. The molecule has 2 aromatic heterocycles. The van der Waals surface area contributed by atoms with Crippen LogP contribution in [-0.2, 0) is 17.4 Å². The summed E-state index contributed by atoms with van der Waals surface area (Å²) in [6.07, 6.45) is 5.37. The lowest BCUT2D eigenvalue weighted by atomic mass is 9.80. The largest absolute Gasteiger partial charge is 0.454 e. The standard InChI is InChI=1S/C27H27N5O4/c1-13(2)15-8-9-18-21(11-15)36-27(35)19-6-5-7-20(28)22(19)23(33)26(18,27)30-25(34)16-10-17-14(3)31-32(4)24(17)29-12-16/h5-6,8-13,20,35H,7,28H2,1-4H3,(H,30,34). The molecule has 0 radical (unpaired) electrons. The average Bonchev–Trinajstić information content (AvgIpc) is 3.34. The van der Waals surface area contributed by atoms with Gasteiger partial charge in [0.05, 0.1) is 11.3 Å². The third-order valence-electron chi connectivity index (χ3n) is 7.55. The molecule has 9 nitrogen and oxygen atoms in total. The van der Waals surface area contributed by atoms with E-state index in [-0.39, 0.29) is 22.6 Å². The number of ketones is 1. The van der Waals surface area contributed by atoms with Crippen molar-refractivity contribution >= 4 is 22.7 Å². The zero-order chi connectivity index (χ0) is 25.6. The van der Waals surface area contributed by atoms with Gasteiger partial charge in [-0.2, -0.15) is 5.10 Å². The maximum Gasteiger partial charge on any atom is 0.270 e. The third-order valence-corrected chi connectivity index (χ3v) is 7.55. The molecule has 36 heavy (non-hydrogen) atoms. The number of pyridine rings is 1. The number of rotatable bonds is 3. The number of aliphatic hydroxyl groups is 1. The minimum Gasteiger partial charge on any atom is -0.454 e. The van der Waals surface area contributed by atoms with Crippen molar-refractivity contribution in [2.75, 3.05) is 0 Å². The van der Waals surface area contributed by atoms with Gasteiger partial charge in [0.15, 0.2) is 11.4 Å². The van der Waals surface area contributed by atoms with Crippen molar-refractivity contribution in [3.8, 4) is 5.75 Å². The summed E-state index contributed by atoms with van der Waals surface area (Å²) in [6, 6.07) is 6.53. The van der Waals surface area contributed by atoms with E-state index in [0.29, 0.717) is 23.4 Å². The van der Waals surface area contributed by atoms with Crippen LogP contribution in [0.5, 0.6) is 5.75 Å². The number of benzene rings is 1. The number of fused-ring (bicyclic) bond motifs is 5. The molecule has 0 fully saturated rings. The van der Waals surface area contributed by atoms with Crippen LogP contribution in [-0.4, -0.2) is 43.4 Å². The Bertz CT molecular complexity index is 1550.